The van der Waals surface area contributed by atoms with Crippen LogP contribution in [0.15, 0.2) is 0 Å². The molecule has 0 spiro atoms. The summed E-state index contributed by atoms with van der Waals surface area (Å²) in [5.41, 5.74) is 3.51. The van der Waals surface area contributed by atoms with Crippen LogP contribution in [-0.2, 0) is 44.3 Å². The summed E-state index contributed by atoms with van der Waals surface area (Å²) in [5.74, 6) is 1.42. The molecule has 24 heteroatoms. The smallest absolute Gasteiger partial charge is 0.187 e. The number of benzene rings is 1. The first-order valence-corrected chi connectivity index (χ1v) is 24.9. The molecule has 0 amide bonds. The molecule has 24 nitrogen and oxygen atoms in total. The molecule has 4 fully saturated rings. The molecular weight excluding hydrogens is 961 g/mol. The topological polar surface area (TPSA) is 376 Å². The van der Waals surface area contributed by atoms with Gasteiger partial charge in [-0.25, -0.2) is 0 Å². The third-order valence-corrected chi connectivity index (χ3v) is 14.7. The van der Waals surface area contributed by atoms with Crippen molar-refractivity contribution in [3.8, 4) is 11.5 Å². The standard InChI is InChI=1S/C48H80O24/c1-20(2)8-7-11-48(6)12-9-25-23(5)40(21(3)22(4)41(25)72-48)63-13-10-24(18-64-44-38(61)34(57)42(28(16-51)68-44)70-46-36(59)32(55)30(53)26(14-49)66-46)19-65-45-39(62)35(58)43(29(17-52)69-45)71-47-37(60)33(56)31(54)27(15-50)67-47/h20,24,26-39,42-47,49-62H,7-19H2,1-6H3/t24?,26?,27?,28?,29?,30-,31-,32+,33+,34-,35-,36?,37?,38?,39?,42-,43-,44-,45-,46+,47+,48?/m1/s1. The van der Waals surface area contributed by atoms with E-state index in [0.717, 1.165) is 60.1 Å². The number of hydrogen-bond donors (Lipinski definition) is 14. The SMILES string of the molecule is Cc1c(C)c2c(c(C)c1OCCC(CO[C@@H]1OC(CO)[C@@H](O[C@@H]3OC(CO)[C@@H](O)[C@H](O)C3O)[C@H](O)C1O)CO[C@@H]1OC(CO)[C@@H](O[C@@H]3OC(CO)[C@@H](O)[C@H](O)C3O)[C@H](O)C1O)CCC(C)(CCCC(C)C)O2. The minimum atomic E-state index is -1.86. The van der Waals surface area contributed by atoms with Crippen molar-refractivity contribution in [1.29, 1.82) is 0 Å². The summed E-state index contributed by atoms with van der Waals surface area (Å²) in [6, 6.07) is 0. The maximum absolute atomic E-state index is 11.3. The van der Waals surface area contributed by atoms with E-state index in [1.165, 1.54) is 0 Å². The van der Waals surface area contributed by atoms with Crippen LogP contribution >= 0.6 is 0 Å². The van der Waals surface area contributed by atoms with Crippen LogP contribution in [0.4, 0.5) is 0 Å². The van der Waals surface area contributed by atoms with Crippen LogP contribution in [0.3, 0.4) is 0 Å². The highest BCUT2D eigenvalue weighted by Gasteiger charge is 2.53. The van der Waals surface area contributed by atoms with Gasteiger partial charge in [-0.1, -0.05) is 20.3 Å². The van der Waals surface area contributed by atoms with Gasteiger partial charge in [0.1, 0.15) is 115 Å². The number of rotatable bonds is 22. The summed E-state index contributed by atoms with van der Waals surface area (Å²) in [4.78, 5) is 0. The number of aliphatic hydroxyl groups excluding tert-OH is 14. The Balaban J connectivity index is 1.16. The summed E-state index contributed by atoms with van der Waals surface area (Å²) in [6.07, 6.45) is -28.7. The Labute approximate surface area is 418 Å². The van der Waals surface area contributed by atoms with Gasteiger partial charge in [-0.3, -0.25) is 0 Å². The van der Waals surface area contributed by atoms with Gasteiger partial charge in [0, 0.05) is 11.5 Å². The van der Waals surface area contributed by atoms with Crippen molar-refractivity contribution in [2.45, 2.75) is 208 Å². The van der Waals surface area contributed by atoms with Crippen molar-refractivity contribution in [1.82, 2.24) is 0 Å². The van der Waals surface area contributed by atoms with Gasteiger partial charge in [-0.2, -0.15) is 0 Å². The van der Waals surface area contributed by atoms with Crippen molar-refractivity contribution in [2.75, 3.05) is 46.2 Å². The van der Waals surface area contributed by atoms with E-state index in [4.69, 9.17) is 47.4 Å². The van der Waals surface area contributed by atoms with E-state index in [9.17, 15) is 71.5 Å². The first-order valence-electron chi connectivity index (χ1n) is 24.9. The normalized spacial score (nSPS) is 41.0. The quantitative estimate of drug-likeness (QED) is 0.0529. The molecule has 14 N–H and O–H groups in total. The Bertz CT molecular complexity index is 1760. The van der Waals surface area contributed by atoms with E-state index in [1.807, 2.05) is 20.8 Å². The number of aliphatic hydroxyl groups is 14. The first-order chi connectivity index (χ1) is 34.1. The Morgan fingerprint density at radius 2 is 0.986 bits per heavy atom. The van der Waals surface area contributed by atoms with Crippen molar-refractivity contribution < 1.29 is 119 Å². The molecule has 1 aromatic carbocycles. The minimum Gasteiger partial charge on any atom is -0.493 e. The highest BCUT2D eigenvalue weighted by atomic mass is 16.8. The minimum absolute atomic E-state index is 0.0705. The van der Waals surface area contributed by atoms with E-state index < -0.39 is 155 Å². The maximum Gasteiger partial charge on any atom is 0.187 e. The molecule has 5 aliphatic rings. The van der Waals surface area contributed by atoms with Gasteiger partial charge in [0.05, 0.1) is 46.2 Å². The second-order valence-corrected chi connectivity index (χ2v) is 20.5. The van der Waals surface area contributed by atoms with Gasteiger partial charge < -0.3 is 119 Å². The lowest BCUT2D eigenvalue weighted by Gasteiger charge is -2.46. The first kappa shape index (κ1) is 59.2. The summed E-state index contributed by atoms with van der Waals surface area (Å²) in [7, 11) is 0. The van der Waals surface area contributed by atoms with Crippen molar-refractivity contribution in [3.63, 3.8) is 0 Å². The van der Waals surface area contributed by atoms with Crippen LogP contribution in [0, 0.1) is 32.6 Å². The van der Waals surface area contributed by atoms with Gasteiger partial charge in [0.2, 0.25) is 0 Å². The molecule has 4 saturated heterocycles. The monoisotopic (exact) mass is 1040 g/mol. The molecule has 5 aliphatic heterocycles. The number of fused-ring (bicyclic) bond motifs is 1. The van der Waals surface area contributed by atoms with Crippen LogP contribution in [0.1, 0.15) is 75.1 Å². The molecule has 0 bridgehead atoms. The highest BCUT2D eigenvalue weighted by Crippen LogP contribution is 2.45. The molecule has 5 heterocycles. The van der Waals surface area contributed by atoms with E-state index in [1.54, 1.807) is 0 Å². The second-order valence-electron chi connectivity index (χ2n) is 20.5. The summed E-state index contributed by atoms with van der Waals surface area (Å²) in [6.45, 7) is 8.84. The molecule has 9 unspecified atom stereocenters. The lowest BCUT2D eigenvalue weighted by Crippen LogP contribution is -2.65. The molecule has 1 aromatic rings. The zero-order chi connectivity index (χ0) is 52.9. The van der Waals surface area contributed by atoms with Gasteiger partial charge in [-0.05, 0) is 82.4 Å². The largest absolute Gasteiger partial charge is 0.493 e. The summed E-state index contributed by atoms with van der Waals surface area (Å²) >= 11 is 0. The van der Waals surface area contributed by atoms with Crippen LogP contribution in [0.2, 0.25) is 0 Å². The Hall–Kier alpha value is -2.06. The third-order valence-electron chi connectivity index (χ3n) is 14.7. The fraction of sp³-hybridized carbons (Fsp3) is 0.875. The molecule has 0 radical (unpaired) electrons. The van der Waals surface area contributed by atoms with E-state index in [2.05, 4.69) is 20.8 Å². The van der Waals surface area contributed by atoms with Crippen LogP contribution in [0.25, 0.3) is 0 Å². The zero-order valence-electron chi connectivity index (χ0n) is 41.7. The van der Waals surface area contributed by atoms with E-state index >= 15 is 0 Å². The predicted octanol–water partition coefficient (Wildman–Crippen LogP) is -3.81. The van der Waals surface area contributed by atoms with E-state index in [-0.39, 0.29) is 31.8 Å². The summed E-state index contributed by atoms with van der Waals surface area (Å²) in [5, 5.41) is 147. The Morgan fingerprint density at radius 1 is 0.542 bits per heavy atom. The molecular formula is C48H80O24. The third kappa shape index (κ3) is 13.2. The Kier molecular flexibility index (Phi) is 21.3. The molecule has 416 valence electrons. The van der Waals surface area contributed by atoms with Crippen LogP contribution in [0.5, 0.6) is 11.5 Å². The molecule has 72 heavy (non-hydrogen) atoms. The van der Waals surface area contributed by atoms with Crippen LogP contribution < -0.4 is 9.47 Å². The fourth-order valence-corrected chi connectivity index (χ4v) is 9.95. The predicted molar refractivity (Wildman–Crippen MR) is 245 cm³/mol. The van der Waals surface area contributed by atoms with Crippen LogP contribution in [-0.4, -0.2) is 246 Å². The van der Waals surface area contributed by atoms with Crippen molar-refractivity contribution in [2.24, 2.45) is 11.8 Å². The number of hydrogen-bond acceptors (Lipinski definition) is 24. The van der Waals surface area contributed by atoms with Gasteiger partial charge in [0.15, 0.2) is 25.2 Å². The average molecular weight is 1040 g/mol. The highest BCUT2D eigenvalue weighted by molar-refractivity contribution is 5.59. The zero-order valence-corrected chi connectivity index (χ0v) is 41.7. The van der Waals surface area contributed by atoms with E-state index in [0.29, 0.717) is 11.7 Å². The van der Waals surface area contributed by atoms with Crippen molar-refractivity contribution in [3.05, 3.63) is 22.3 Å². The Morgan fingerprint density at radius 3 is 1.43 bits per heavy atom. The summed E-state index contributed by atoms with van der Waals surface area (Å²) < 4.78 is 59.1. The molecule has 6 rings (SSSR count). The van der Waals surface area contributed by atoms with Gasteiger partial charge in [-0.15, -0.1) is 0 Å². The fourth-order valence-electron chi connectivity index (χ4n) is 9.95. The molecule has 0 saturated carbocycles. The number of ether oxygens (including phenoxy) is 10. The second kappa shape index (κ2) is 25.9. The molecule has 0 aliphatic carbocycles. The molecule has 21 atom stereocenters. The lowest BCUT2D eigenvalue weighted by atomic mass is 9.84. The van der Waals surface area contributed by atoms with Gasteiger partial charge >= 0.3 is 0 Å². The molecule has 0 aromatic heterocycles. The lowest BCUT2D eigenvalue weighted by molar-refractivity contribution is -0.363. The van der Waals surface area contributed by atoms with Gasteiger partial charge in [0.25, 0.3) is 0 Å². The maximum atomic E-state index is 11.3. The van der Waals surface area contributed by atoms with Crippen molar-refractivity contribution >= 4 is 0 Å². The average Bonchev–Trinajstić information content (AvgIpc) is 3.35.